The van der Waals surface area contributed by atoms with Crippen molar-refractivity contribution >= 4 is 5.96 Å². The Morgan fingerprint density at radius 1 is 1.50 bits per heavy atom. The average molecular weight is 367 g/mol. The first-order chi connectivity index (χ1) is 12.6. The first-order valence-electron chi connectivity index (χ1n) is 8.51. The maximum absolute atomic E-state index is 13.0. The molecule has 0 amide bonds. The zero-order valence-electron chi connectivity index (χ0n) is 14.8. The average Bonchev–Trinajstić information content (AvgIpc) is 3.27. The summed E-state index contributed by atoms with van der Waals surface area (Å²) >= 11 is 0. The van der Waals surface area contributed by atoms with Gasteiger partial charge in [0.25, 0.3) is 0 Å². The van der Waals surface area contributed by atoms with Crippen LogP contribution in [0.15, 0.2) is 29.8 Å². The second-order valence-electron chi connectivity index (χ2n) is 5.95. The number of aromatic nitrogens is 4. The van der Waals surface area contributed by atoms with Crippen LogP contribution in [0, 0.1) is 0 Å². The molecule has 2 aromatic rings. The van der Waals surface area contributed by atoms with E-state index in [1.807, 2.05) is 20.2 Å². The number of imidazole rings is 1. The molecule has 0 saturated carbocycles. The molecule has 3 heterocycles. The number of nitrogens with zero attached hydrogens (tertiary/aromatic N) is 6. The first-order valence-corrected chi connectivity index (χ1v) is 8.51. The number of guanidine groups is 1. The van der Waals surface area contributed by atoms with Crippen molar-refractivity contribution < 1.29 is 13.5 Å². The molecule has 2 aromatic heterocycles. The van der Waals surface area contributed by atoms with Crippen LogP contribution in [0.2, 0.25) is 0 Å². The summed E-state index contributed by atoms with van der Waals surface area (Å²) in [6.07, 6.45) is 6.23. The third-order valence-corrected chi connectivity index (χ3v) is 4.13. The second-order valence-corrected chi connectivity index (χ2v) is 5.95. The standard InChI is InChI=1S/C16H23F2N7O/c1-3-19-16(21-9-14-20-4-5-25(14)15(17)18)24-6-7-26-13(11-24)12-8-22-23(2)10-12/h4-5,8,10,13,15H,3,6-7,9,11H2,1-2H3,(H,19,21). The lowest BCUT2D eigenvalue weighted by molar-refractivity contribution is -0.00806. The van der Waals surface area contributed by atoms with Crippen molar-refractivity contribution in [2.45, 2.75) is 26.1 Å². The summed E-state index contributed by atoms with van der Waals surface area (Å²) < 4.78 is 34.3. The van der Waals surface area contributed by atoms with Crippen LogP contribution in [0.25, 0.3) is 0 Å². The molecule has 0 radical (unpaired) electrons. The quantitative estimate of drug-likeness (QED) is 0.641. The molecule has 0 aromatic carbocycles. The lowest BCUT2D eigenvalue weighted by Gasteiger charge is -2.34. The van der Waals surface area contributed by atoms with Gasteiger partial charge in [-0.25, -0.2) is 9.98 Å². The maximum atomic E-state index is 13.0. The maximum Gasteiger partial charge on any atom is 0.319 e. The summed E-state index contributed by atoms with van der Waals surface area (Å²) in [7, 11) is 1.86. The van der Waals surface area contributed by atoms with Gasteiger partial charge in [0, 0.05) is 44.3 Å². The van der Waals surface area contributed by atoms with Gasteiger partial charge in [0.1, 0.15) is 18.5 Å². The number of nitrogens with one attached hydrogen (secondary N) is 1. The molecule has 3 rings (SSSR count). The first kappa shape index (κ1) is 18.3. The van der Waals surface area contributed by atoms with Crippen molar-refractivity contribution in [1.29, 1.82) is 0 Å². The van der Waals surface area contributed by atoms with E-state index in [9.17, 15) is 8.78 Å². The molecule has 142 valence electrons. The van der Waals surface area contributed by atoms with E-state index in [-0.39, 0.29) is 18.5 Å². The summed E-state index contributed by atoms with van der Waals surface area (Å²) in [6.45, 7) is 1.94. The summed E-state index contributed by atoms with van der Waals surface area (Å²) in [5.41, 5.74) is 1.00. The monoisotopic (exact) mass is 367 g/mol. The number of alkyl halides is 2. The molecule has 1 atom stereocenters. The van der Waals surface area contributed by atoms with E-state index in [1.165, 1.54) is 12.4 Å². The van der Waals surface area contributed by atoms with Gasteiger partial charge >= 0.3 is 6.55 Å². The molecule has 1 unspecified atom stereocenters. The van der Waals surface area contributed by atoms with E-state index >= 15 is 0 Å². The van der Waals surface area contributed by atoms with E-state index in [1.54, 1.807) is 10.9 Å². The van der Waals surface area contributed by atoms with Crippen molar-refractivity contribution in [2.75, 3.05) is 26.2 Å². The fraction of sp³-hybridized carbons (Fsp3) is 0.562. The highest BCUT2D eigenvalue weighted by molar-refractivity contribution is 5.80. The fourth-order valence-electron chi connectivity index (χ4n) is 2.87. The van der Waals surface area contributed by atoms with Crippen LogP contribution in [-0.4, -0.2) is 56.4 Å². The highest BCUT2D eigenvalue weighted by Crippen LogP contribution is 2.22. The summed E-state index contributed by atoms with van der Waals surface area (Å²) in [4.78, 5) is 10.5. The van der Waals surface area contributed by atoms with Gasteiger partial charge in [0.05, 0.1) is 19.3 Å². The molecule has 8 nitrogen and oxygen atoms in total. The third-order valence-electron chi connectivity index (χ3n) is 4.13. The Morgan fingerprint density at radius 2 is 2.35 bits per heavy atom. The molecule has 10 heteroatoms. The van der Waals surface area contributed by atoms with E-state index in [4.69, 9.17) is 4.74 Å². The highest BCUT2D eigenvalue weighted by atomic mass is 19.3. The van der Waals surface area contributed by atoms with Crippen LogP contribution in [0.4, 0.5) is 8.78 Å². The van der Waals surface area contributed by atoms with Crippen molar-refractivity contribution in [2.24, 2.45) is 12.0 Å². The van der Waals surface area contributed by atoms with E-state index in [0.29, 0.717) is 32.2 Å². The minimum Gasteiger partial charge on any atom is -0.370 e. The van der Waals surface area contributed by atoms with Gasteiger partial charge in [-0.1, -0.05) is 0 Å². The SMILES string of the molecule is CCNC(=NCc1nccn1C(F)F)N1CCOC(c2cnn(C)c2)C1. The van der Waals surface area contributed by atoms with E-state index < -0.39 is 6.55 Å². The van der Waals surface area contributed by atoms with Gasteiger partial charge in [-0.05, 0) is 6.92 Å². The molecule has 26 heavy (non-hydrogen) atoms. The van der Waals surface area contributed by atoms with Gasteiger partial charge < -0.3 is 15.0 Å². The topological polar surface area (TPSA) is 72.5 Å². The Bertz CT molecular complexity index is 743. The van der Waals surface area contributed by atoms with Gasteiger partial charge in [-0.2, -0.15) is 13.9 Å². The highest BCUT2D eigenvalue weighted by Gasteiger charge is 2.25. The van der Waals surface area contributed by atoms with E-state index in [0.717, 1.165) is 10.1 Å². The van der Waals surface area contributed by atoms with Crippen molar-refractivity contribution in [3.63, 3.8) is 0 Å². The van der Waals surface area contributed by atoms with Crippen LogP contribution in [0.1, 0.15) is 31.0 Å². The Balaban J connectivity index is 1.72. The normalized spacial score (nSPS) is 18.6. The zero-order valence-corrected chi connectivity index (χ0v) is 14.8. The summed E-state index contributed by atoms with van der Waals surface area (Å²) in [5, 5.41) is 7.40. The Morgan fingerprint density at radius 3 is 3.04 bits per heavy atom. The number of hydrogen-bond acceptors (Lipinski definition) is 4. The number of aliphatic imine (C=N–C) groups is 1. The van der Waals surface area contributed by atoms with Gasteiger partial charge in [-0.15, -0.1) is 0 Å². The molecule has 1 fully saturated rings. The van der Waals surface area contributed by atoms with Crippen LogP contribution < -0.4 is 5.32 Å². The van der Waals surface area contributed by atoms with Crippen LogP contribution in [0.5, 0.6) is 0 Å². The molecule has 1 aliphatic rings. The van der Waals surface area contributed by atoms with Crippen molar-refractivity contribution in [3.8, 4) is 0 Å². The fourth-order valence-corrected chi connectivity index (χ4v) is 2.87. The Labute approximate surface area is 150 Å². The Hall–Kier alpha value is -2.49. The van der Waals surface area contributed by atoms with Crippen molar-refractivity contribution in [3.05, 3.63) is 36.2 Å². The second kappa shape index (κ2) is 8.26. The van der Waals surface area contributed by atoms with Gasteiger partial charge in [0.15, 0.2) is 5.96 Å². The molecule has 0 bridgehead atoms. The molecule has 0 spiro atoms. The Kier molecular flexibility index (Phi) is 5.82. The van der Waals surface area contributed by atoms with Gasteiger partial charge in [0.2, 0.25) is 0 Å². The van der Waals surface area contributed by atoms with E-state index in [2.05, 4.69) is 25.3 Å². The number of morpholine rings is 1. The summed E-state index contributed by atoms with van der Waals surface area (Å²) in [6, 6.07) is 0. The lowest BCUT2D eigenvalue weighted by atomic mass is 10.1. The number of ether oxygens (including phenoxy) is 1. The van der Waals surface area contributed by atoms with Crippen LogP contribution in [0.3, 0.4) is 0 Å². The predicted molar refractivity (Wildman–Crippen MR) is 91.8 cm³/mol. The number of hydrogen-bond donors (Lipinski definition) is 1. The lowest BCUT2D eigenvalue weighted by Crippen LogP contribution is -2.48. The molecule has 1 N–H and O–H groups in total. The number of rotatable bonds is 5. The predicted octanol–water partition coefficient (Wildman–Crippen LogP) is 1.55. The molecule has 0 aliphatic carbocycles. The molecule has 1 saturated heterocycles. The van der Waals surface area contributed by atoms with Crippen LogP contribution in [-0.2, 0) is 18.3 Å². The van der Waals surface area contributed by atoms with Crippen molar-refractivity contribution in [1.82, 2.24) is 29.5 Å². The third kappa shape index (κ3) is 4.18. The molecular weight excluding hydrogens is 344 g/mol. The van der Waals surface area contributed by atoms with Crippen LogP contribution >= 0.6 is 0 Å². The number of aryl methyl sites for hydroxylation is 1. The summed E-state index contributed by atoms with van der Waals surface area (Å²) in [5.74, 6) is 0.890. The molecular formula is C16H23F2N7O. The zero-order chi connectivity index (χ0) is 18.5. The largest absolute Gasteiger partial charge is 0.370 e. The minimum atomic E-state index is -2.62. The number of halogens is 2. The molecule has 1 aliphatic heterocycles. The minimum absolute atomic E-state index is 0.0780. The smallest absolute Gasteiger partial charge is 0.319 e. The van der Waals surface area contributed by atoms with Gasteiger partial charge in [-0.3, -0.25) is 9.25 Å².